The molecule has 1 aromatic rings. The molecule has 2 rings (SSSR count). The first-order valence-electron chi connectivity index (χ1n) is 7.03. The molecular weight excluding hydrogens is 228 g/mol. The summed E-state index contributed by atoms with van der Waals surface area (Å²) in [6, 6.07) is 2.45. The van der Waals surface area contributed by atoms with Gasteiger partial charge in [0.15, 0.2) is 5.76 Å². The van der Waals surface area contributed by atoms with E-state index in [1.807, 2.05) is 6.07 Å². The SMILES string of the molecule is CC(C)NCc1cc(COC2CCCCC2)on1. The molecule has 1 aliphatic rings. The predicted molar refractivity (Wildman–Crippen MR) is 70.1 cm³/mol. The molecule has 0 bridgehead atoms. The summed E-state index contributed by atoms with van der Waals surface area (Å²) in [7, 11) is 0. The lowest BCUT2D eigenvalue weighted by atomic mass is 9.98. The second kappa shape index (κ2) is 6.90. The third kappa shape index (κ3) is 4.42. The molecule has 1 aliphatic carbocycles. The Labute approximate surface area is 109 Å². The number of nitrogens with one attached hydrogen (secondary N) is 1. The number of hydrogen-bond donors (Lipinski definition) is 1. The van der Waals surface area contributed by atoms with Crippen LogP contribution in [-0.4, -0.2) is 17.3 Å². The van der Waals surface area contributed by atoms with Gasteiger partial charge in [0, 0.05) is 18.7 Å². The van der Waals surface area contributed by atoms with E-state index >= 15 is 0 Å². The van der Waals surface area contributed by atoms with Crippen molar-refractivity contribution in [3.05, 3.63) is 17.5 Å². The van der Waals surface area contributed by atoms with E-state index in [0.29, 0.717) is 18.8 Å². The highest BCUT2D eigenvalue weighted by Crippen LogP contribution is 2.21. The lowest BCUT2D eigenvalue weighted by Crippen LogP contribution is -2.21. The zero-order chi connectivity index (χ0) is 12.8. The van der Waals surface area contributed by atoms with Crippen LogP contribution in [0, 0.1) is 0 Å². The van der Waals surface area contributed by atoms with Crippen LogP contribution in [0.4, 0.5) is 0 Å². The van der Waals surface area contributed by atoms with Crippen molar-refractivity contribution >= 4 is 0 Å². The number of nitrogens with zero attached hydrogens (tertiary/aromatic N) is 1. The fraction of sp³-hybridized carbons (Fsp3) is 0.786. The van der Waals surface area contributed by atoms with Gasteiger partial charge in [0.25, 0.3) is 0 Å². The lowest BCUT2D eigenvalue weighted by molar-refractivity contribution is 0.00667. The summed E-state index contributed by atoms with van der Waals surface area (Å²) in [6.45, 7) is 5.55. The standard InChI is InChI=1S/C14H24N2O2/c1-11(2)15-9-12-8-14(18-16-12)10-17-13-6-4-3-5-7-13/h8,11,13,15H,3-7,9-10H2,1-2H3. The molecule has 1 heterocycles. The largest absolute Gasteiger partial charge is 0.370 e. The van der Waals surface area contributed by atoms with E-state index in [1.54, 1.807) is 0 Å². The second-order valence-electron chi connectivity index (χ2n) is 5.39. The first kappa shape index (κ1) is 13.6. The third-order valence-electron chi connectivity index (χ3n) is 3.31. The summed E-state index contributed by atoms with van der Waals surface area (Å²) in [5, 5.41) is 7.35. The maximum absolute atomic E-state index is 5.85. The molecule has 1 aromatic heterocycles. The molecule has 0 aliphatic heterocycles. The minimum Gasteiger partial charge on any atom is -0.370 e. The van der Waals surface area contributed by atoms with Crippen LogP contribution in [0.25, 0.3) is 0 Å². The van der Waals surface area contributed by atoms with E-state index in [-0.39, 0.29) is 0 Å². The van der Waals surface area contributed by atoms with Crippen molar-refractivity contribution in [1.29, 1.82) is 0 Å². The highest BCUT2D eigenvalue weighted by atomic mass is 16.5. The average molecular weight is 252 g/mol. The Morgan fingerprint density at radius 3 is 2.89 bits per heavy atom. The van der Waals surface area contributed by atoms with Crippen molar-refractivity contribution in [2.24, 2.45) is 0 Å². The van der Waals surface area contributed by atoms with Crippen molar-refractivity contribution in [2.75, 3.05) is 0 Å². The van der Waals surface area contributed by atoms with Crippen molar-refractivity contribution in [3.8, 4) is 0 Å². The van der Waals surface area contributed by atoms with E-state index < -0.39 is 0 Å². The number of hydrogen-bond acceptors (Lipinski definition) is 4. The van der Waals surface area contributed by atoms with Crippen LogP contribution in [0.5, 0.6) is 0 Å². The molecule has 0 saturated heterocycles. The zero-order valence-corrected chi connectivity index (χ0v) is 11.4. The summed E-state index contributed by atoms with van der Waals surface area (Å²) >= 11 is 0. The number of rotatable bonds is 6. The van der Waals surface area contributed by atoms with Crippen LogP contribution in [0.3, 0.4) is 0 Å². The van der Waals surface area contributed by atoms with E-state index in [1.165, 1.54) is 32.1 Å². The Balaban J connectivity index is 1.72. The molecule has 4 nitrogen and oxygen atoms in total. The molecule has 0 spiro atoms. The fourth-order valence-electron chi connectivity index (χ4n) is 2.25. The number of aromatic nitrogens is 1. The van der Waals surface area contributed by atoms with E-state index in [4.69, 9.17) is 9.26 Å². The Morgan fingerprint density at radius 2 is 2.17 bits per heavy atom. The summed E-state index contributed by atoms with van der Waals surface area (Å²) < 4.78 is 11.1. The van der Waals surface area contributed by atoms with Crippen LogP contribution >= 0.6 is 0 Å². The maximum atomic E-state index is 5.85. The van der Waals surface area contributed by atoms with Gasteiger partial charge >= 0.3 is 0 Å². The summed E-state index contributed by atoms with van der Waals surface area (Å²) in [5.74, 6) is 0.834. The molecule has 0 amide bonds. The predicted octanol–water partition coefficient (Wildman–Crippen LogP) is 3.02. The molecule has 1 fully saturated rings. The van der Waals surface area contributed by atoms with Crippen LogP contribution < -0.4 is 5.32 Å². The molecule has 0 radical (unpaired) electrons. The fourth-order valence-corrected chi connectivity index (χ4v) is 2.25. The monoisotopic (exact) mass is 252 g/mol. The molecule has 0 atom stereocenters. The van der Waals surface area contributed by atoms with Gasteiger partial charge in [-0.1, -0.05) is 38.3 Å². The van der Waals surface area contributed by atoms with Gasteiger partial charge in [-0.25, -0.2) is 0 Å². The van der Waals surface area contributed by atoms with E-state index in [9.17, 15) is 0 Å². The van der Waals surface area contributed by atoms with E-state index in [0.717, 1.165) is 18.0 Å². The van der Waals surface area contributed by atoms with Gasteiger partial charge in [0.1, 0.15) is 6.61 Å². The average Bonchev–Trinajstić information content (AvgIpc) is 2.83. The van der Waals surface area contributed by atoms with Gasteiger partial charge < -0.3 is 14.6 Å². The smallest absolute Gasteiger partial charge is 0.162 e. The molecular formula is C14H24N2O2. The third-order valence-corrected chi connectivity index (χ3v) is 3.31. The second-order valence-corrected chi connectivity index (χ2v) is 5.39. The highest BCUT2D eigenvalue weighted by Gasteiger charge is 2.14. The van der Waals surface area contributed by atoms with Crippen LogP contribution in [0.2, 0.25) is 0 Å². The Bertz CT molecular complexity index is 343. The minimum atomic E-state index is 0.418. The summed E-state index contributed by atoms with van der Waals surface area (Å²) in [6.07, 6.45) is 6.75. The minimum absolute atomic E-state index is 0.418. The van der Waals surface area contributed by atoms with Crippen molar-refractivity contribution in [3.63, 3.8) is 0 Å². The first-order valence-corrected chi connectivity index (χ1v) is 7.03. The molecule has 102 valence electrons. The Morgan fingerprint density at radius 1 is 1.39 bits per heavy atom. The maximum Gasteiger partial charge on any atom is 0.162 e. The van der Waals surface area contributed by atoms with E-state index in [2.05, 4.69) is 24.3 Å². The molecule has 1 N–H and O–H groups in total. The van der Waals surface area contributed by atoms with Gasteiger partial charge in [0.2, 0.25) is 0 Å². The van der Waals surface area contributed by atoms with Gasteiger partial charge in [0.05, 0.1) is 11.8 Å². The highest BCUT2D eigenvalue weighted by molar-refractivity contribution is 5.04. The van der Waals surface area contributed by atoms with Gasteiger partial charge in [-0.2, -0.15) is 0 Å². The molecule has 4 heteroatoms. The summed E-state index contributed by atoms with van der Waals surface area (Å²) in [5.41, 5.74) is 0.950. The van der Waals surface area contributed by atoms with Crippen molar-refractivity contribution < 1.29 is 9.26 Å². The topological polar surface area (TPSA) is 47.3 Å². The lowest BCUT2D eigenvalue weighted by Gasteiger charge is -2.21. The van der Waals surface area contributed by atoms with Crippen molar-refractivity contribution in [2.45, 2.75) is 71.2 Å². The summed E-state index contributed by atoms with van der Waals surface area (Å²) in [4.78, 5) is 0. The molecule has 1 saturated carbocycles. The first-order chi connectivity index (χ1) is 8.74. The van der Waals surface area contributed by atoms with Crippen LogP contribution in [0.1, 0.15) is 57.4 Å². The Kier molecular flexibility index (Phi) is 5.20. The van der Waals surface area contributed by atoms with Gasteiger partial charge in [-0.3, -0.25) is 0 Å². The molecule has 0 aromatic carbocycles. The van der Waals surface area contributed by atoms with Crippen LogP contribution in [0.15, 0.2) is 10.6 Å². The van der Waals surface area contributed by atoms with Crippen LogP contribution in [-0.2, 0) is 17.9 Å². The zero-order valence-electron chi connectivity index (χ0n) is 11.4. The van der Waals surface area contributed by atoms with Gasteiger partial charge in [-0.15, -0.1) is 0 Å². The van der Waals surface area contributed by atoms with Crippen molar-refractivity contribution in [1.82, 2.24) is 10.5 Å². The quantitative estimate of drug-likeness (QED) is 0.845. The normalized spacial score (nSPS) is 17.5. The molecule has 18 heavy (non-hydrogen) atoms. The number of ether oxygens (including phenoxy) is 1. The van der Waals surface area contributed by atoms with Gasteiger partial charge in [-0.05, 0) is 12.8 Å². The molecule has 0 unspecified atom stereocenters. The Hall–Kier alpha value is -0.870.